The second-order valence-electron chi connectivity index (χ2n) is 0.807. The molecule has 0 aromatic heterocycles. The third kappa shape index (κ3) is 25.5. The van der Waals surface area contributed by atoms with Gasteiger partial charge in [0.1, 0.15) is 0 Å². The fraction of sp³-hybridized carbons (Fsp3) is 0. The Morgan fingerprint density at radius 2 is 1.40 bits per heavy atom. The maximum absolute atomic E-state index is 9.39. The molecule has 0 aliphatic rings. The van der Waals surface area contributed by atoms with Crippen LogP contribution in [0, 0.1) is 0 Å². The molecule has 5 nitrogen and oxygen atoms in total. The van der Waals surface area contributed by atoms with Gasteiger partial charge in [0.15, 0.2) is 4.31 Å². The second-order valence-corrected chi connectivity index (χ2v) is 2.41. The van der Waals surface area contributed by atoms with Gasteiger partial charge in [-0.05, 0) is 0 Å². The topological polar surface area (TPSA) is 83.8 Å². The van der Waals surface area contributed by atoms with Crippen LogP contribution in [-0.4, -0.2) is 9.79 Å². The van der Waals surface area contributed by atoms with Crippen LogP contribution in [0.4, 0.5) is 0 Å². The molecule has 0 aliphatic carbocycles. The van der Waals surface area contributed by atoms with Crippen molar-refractivity contribution < 1.29 is 23.2 Å². The molecule has 0 aliphatic heterocycles. The van der Waals surface area contributed by atoms with E-state index < -0.39 is 16.5 Å². The van der Waals surface area contributed by atoms with Crippen LogP contribution >= 0.6 is 16.5 Å². The van der Waals surface area contributed by atoms with Gasteiger partial charge in [-0.25, -0.2) is 0 Å². The Kier molecular flexibility index (Phi) is 10.6. The Morgan fingerprint density at radius 3 is 1.40 bits per heavy atom. The second kappa shape index (κ2) is 8.60. The van der Waals surface area contributed by atoms with E-state index >= 15 is 0 Å². The molecule has 0 amide bonds. The van der Waals surface area contributed by atoms with Gasteiger partial charge in [0.25, 0.3) is 0 Å². The van der Waals surface area contributed by atoms with Crippen LogP contribution in [0.5, 0.6) is 0 Å². The summed E-state index contributed by atoms with van der Waals surface area (Å²) in [6, 6.07) is 0. The Hall–Kier alpha value is -0.400. The molecule has 0 aromatic rings. The Bertz CT molecular complexity index is 146. The van der Waals surface area contributed by atoms with Crippen LogP contribution in [0.25, 0.3) is 0 Å². The molecule has 0 heterocycles. The smallest absolute Gasteiger partial charge is 0.137 e. The predicted molar refractivity (Wildman–Crippen MR) is 35.5 cm³/mol. The molecule has 2 N–H and O–H groups in total. The van der Waals surface area contributed by atoms with Gasteiger partial charge in [0.2, 0.25) is 0 Å². The summed E-state index contributed by atoms with van der Waals surface area (Å²) < 4.78 is 22.2. The van der Waals surface area contributed by atoms with Crippen molar-refractivity contribution in [3.8, 4) is 0 Å². The molecule has 0 rings (SSSR count). The van der Waals surface area contributed by atoms with E-state index in [-0.39, 0.29) is 0 Å². The lowest BCUT2D eigenvalue weighted by Crippen LogP contribution is -1.58. The molecule has 56 valence electrons. The van der Waals surface area contributed by atoms with Crippen LogP contribution in [0.1, 0.15) is 0 Å². The molecule has 0 aromatic carbocycles. The average Bonchev–Trinajstić information content (AvgIpc) is 1.62. The molecule has 0 radical (unpaired) electrons. The first kappa shape index (κ1) is 12.3. The number of hydrogen-bond donors (Lipinski definition) is 2. The van der Waals surface area contributed by atoms with Crippen molar-refractivity contribution in [3.05, 3.63) is 18.9 Å². The molecule has 7 heteroatoms. The minimum atomic E-state index is -2.92. The van der Waals surface area contributed by atoms with Gasteiger partial charge >= 0.3 is 16.5 Å². The fourth-order valence-corrected chi connectivity index (χ4v) is 0.538. The van der Waals surface area contributed by atoms with Crippen LogP contribution in [0.15, 0.2) is 18.9 Å². The maximum Gasteiger partial charge on any atom is 0.745 e. The summed E-state index contributed by atoms with van der Waals surface area (Å²) in [5.41, 5.74) is 2.25. The van der Waals surface area contributed by atoms with E-state index in [0.29, 0.717) is 0 Å². The van der Waals surface area contributed by atoms with E-state index in [1.807, 2.05) is 0 Å². The standard InChI is InChI=1S/C3H4.O5P2/c1-3-2;1-6(2)5-7(3)4/h1-2H2;/p+2. The summed E-state index contributed by atoms with van der Waals surface area (Å²) in [5, 5.41) is 0. The fourth-order valence-electron chi connectivity index (χ4n) is 0.0598. The highest BCUT2D eigenvalue weighted by molar-refractivity contribution is 7.46. The van der Waals surface area contributed by atoms with Gasteiger partial charge < -0.3 is 0 Å². The molecular weight excluding hydrogens is 178 g/mol. The predicted octanol–water partition coefficient (Wildman–Crippen LogP) is 1.26. The molecule has 2 atom stereocenters. The van der Waals surface area contributed by atoms with Crippen molar-refractivity contribution in [2.75, 3.05) is 0 Å². The summed E-state index contributed by atoms with van der Waals surface area (Å²) in [6.45, 7) is 6.25. The van der Waals surface area contributed by atoms with E-state index in [2.05, 4.69) is 23.2 Å². The Balaban J connectivity index is 0. The van der Waals surface area contributed by atoms with E-state index in [1.54, 1.807) is 0 Å². The summed E-state index contributed by atoms with van der Waals surface area (Å²) >= 11 is 0. The Morgan fingerprint density at radius 1 is 1.20 bits per heavy atom. The SMILES string of the molecule is C=C=C.O=[P+](O)O[P+](=O)O. The lowest BCUT2D eigenvalue weighted by atomic mass is 11.0. The van der Waals surface area contributed by atoms with Crippen molar-refractivity contribution in [2.45, 2.75) is 0 Å². The van der Waals surface area contributed by atoms with Crippen molar-refractivity contribution >= 4 is 16.5 Å². The largest absolute Gasteiger partial charge is 0.745 e. The molecule has 10 heavy (non-hydrogen) atoms. The van der Waals surface area contributed by atoms with E-state index in [4.69, 9.17) is 9.79 Å². The normalized spacial score (nSPS) is 10.2. The van der Waals surface area contributed by atoms with Crippen LogP contribution < -0.4 is 0 Å². The maximum atomic E-state index is 9.39. The molecule has 0 saturated heterocycles. The van der Waals surface area contributed by atoms with Gasteiger partial charge in [-0.2, -0.15) is 0 Å². The van der Waals surface area contributed by atoms with Crippen molar-refractivity contribution in [1.29, 1.82) is 0 Å². The summed E-state index contributed by atoms with van der Waals surface area (Å²) in [6.07, 6.45) is 0. The molecule has 2 unspecified atom stereocenters. The van der Waals surface area contributed by atoms with Gasteiger partial charge in [-0.3, -0.25) is 0 Å². The lowest BCUT2D eigenvalue weighted by molar-refractivity contribution is 0.371. The summed E-state index contributed by atoms with van der Waals surface area (Å²) in [4.78, 5) is 15.3. The lowest BCUT2D eigenvalue weighted by Gasteiger charge is -1.50. The first-order chi connectivity index (χ1) is 4.54. The van der Waals surface area contributed by atoms with Crippen LogP contribution in [0.3, 0.4) is 0 Å². The molecule has 0 fully saturated rings. The molecule has 0 bridgehead atoms. The van der Waals surface area contributed by atoms with Crippen LogP contribution in [0.2, 0.25) is 0 Å². The van der Waals surface area contributed by atoms with E-state index in [0.717, 1.165) is 0 Å². The van der Waals surface area contributed by atoms with Gasteiger partial charge in [0, 0.05) is 9.13 Å². The first-order valence-corrected chi connectivity index (χ1v) is 4.10. The zero-order valence-corrected chi connectivity index (χ0v) is 6.72. The van der Waals surface area contributed by atoms with Gasteiger partial charge in [-0.15, -0.1) is 15.5 Å². The summed E-state index contributed by atoms with van der Waals surface area (Å²) in [5.74, 6) is 0. The van der Waals surface area contributed by atoms with Gasteiger partial charge in [-0.1, -0.05) is 13.2 Å². The zero-order chi connectivity index (χ0) is 8.57. The van der Waals surface area contributed by atoms with Crippen molar-refractivity contribution in [1.82, 2.24) is 0 Å². The first-order valence-electron chi connectivity index (χ1n) is 1.84. The summed E-state index contributed by atoms with van der Waals surface area (Å²) in [7, 11) is -5.85. The molecule has 0 spiro atoms. The third-order valence-electron chi connectivity index (χ3n) is 0.140. The van der Waals surface area contributed by atoms with Crippen molar-refractivity contribution in [2.24, 2.45) is 0 Å². The highest BCUT2D eigenvalue weighted by Crippen LogP contribution is 2.30. The highest BCUT2D eigenvalue weighted by atomic mass is 31.2. The monoisotopic (exact) mass is 184 g/mol. The minimum Gasteiger partial charge on any atom is -0.137 e. The molecular formula is C3H6O5P2+2. The third-order valence-corrected chi connectivity index (χ3v) is 1.26. The van der Waals surface area contributed by atoms with Crippen LogP contribution in [-0.2, 0) is 13.4 Å². The highest BCUT2D eigenvalue weighted by Gasteiger charge is 2.31. The number of rotatable bonds is 2. The Labute approximate surface area is 59.6 Å². The van der Waals surface area contributed by atoms with Gasteiger partial charge in [0.05, 0.1) is 0 Å². The molecule has 0 saturated carbocycles. The minimum absolute atomic E-state index is 2.25. The van der Waals surface area contributed by atoms with E-state index in [1.165, 1.54) is 0 Å². The zero-order valence-electron chi connectivity index (χ0n) is 4.93. The number of hydrogen-bond acceptors (Lipinski definition) is 3. The average molecular weight is 184 g/mol. The van der Waals surface area contributed by atoms with Crippen molar-refractivity contribution in [3.63, 3.8) is 0 Å². The quantitative estimate of drug-likeness (QED) is 0.498. The van der Waals surface area contributed by atoms with E-state index in [9.17, 15) is 9.13 Å².